The Hall–Kier alpha value is -1.33. The number of rotatable bonds is 5. The fourth-order valence-corrected chi connectivity index (χ4v) is 4.58. The Labute approximate surface area is 167 Å². The van der Waals surface area contributed by atoms with Crippen molar-refractivity contribution in [1.29, 1.82) is 0 Å². The Balaban J connectivity index is 1.24. The third-order valence-corrected chi connectivity index (χ3v) is 6.43. The zero-order chi connectivity index (χ0) is 18.6. The maximum Gasteiger partial charge on any atom is 0.135 e. The number of hydrogen-bond donors (Lipinski definition) is 1. The predicted molar refractivity (Wildman–Crippen MR) is 111 cm³/mol. The highest BCUT2D eigenvalue weighted by atomic mass is 35.5. The molecular weight excluding hydrogens is 358 g/mol. The normalized spacial score (nSPS) is 21.0. The molecule has 0 amide bonds. The third-order valence-electron chi connectivity index (χ3n) is 6.10. The molecule has 4 rings (SSSR count). The standard InChI is InChI=1S/C22H30ClN3O/c1-25-12-10-18(11-13-25)26-14-8-17(9-15-26)24-16-19-6-7-22(27-19)20-4-2-3-5-21(20)23/h2-7,17-18,24H,8-16H2,1H3. The first-order chi connectivity index (χ1) is 13.2. The Bertz CT molecular complexity index is 731. The molecule has 2 aliphatic heterocycles. The lowest BCUT2D eigenvalue weighted by Crippen LogP contribution is -2.49. The summed E-state index contributed by atoms with van der Waals surface area (Å²) in [6.07, 6.45) is 5.10. The number of nitrogens with zero attached hydrogens (tertiary/aromatic N) is 2. The number of benzene rings is 1. The molecular formula is C22H30ClN3O. The second-order valence-corrected chi connectivity index (χ2v) is 8.38. The summed E-state index contributed by atoms with van der Waals surface area (Å²) < 4.78 is 6.01. The van der Waals surface area contributed by atoms with Gasteiger partial charge in [-0.05, 0) is 83.2 Å². The van der Waals surface area contributed by atoms with Gasteiger partial charge in [0.1, 0.15) is 11.5 Å². The lowest BCUT2D eigenvalue weighted by molar-refractivity contribution is 0.0918. The van der Waals surface area contributed by atoms with Crippen molar-refractivity contribution in [3.8, 4) is 11.3 Å². The minimum Gasteiger partial charge on any atom is -0.460 e. The van der Waals surface area contributed by atoms with Crippen molar-refractivity contribution < 1.29 is 4.42 Å². The van der Waals surface area contributed by atoms with E-state index in [2.05, 4.69) is 28.2 Å². The van der Waals surface area contributed by atoms with Crippen molar-refractivity contribution in [3.05, 3.63) is 47.2 Å². The Morgan fingerprint density at radius 3 is 2.48 bits per heavy atom. The first-order valence-electron chi connectivity index (χ1n) is 10.2. The van der Waals surface area contributed by atoms with Gasteiger partial charge < -0.3 is 19.5 Å². The van der Waals surface area contributed by atoms with E-state index in [9.17, 15) is 0 Å². The van der Waals surface area contributed by atoms with Crippen molar-refractivity contribution in [2.24, 2.45) is 0 Å². The highest BCUT2D eigenvalue weighted by Gasteiger charge is 2.27. The smallest absolute Gasteiger partial charge is 0.135 e. The molecule has 0 saturated carbocycles. The van der Waals surface area contributed by atoms with Crippen LogP contribution in [0.5, 0.6) is 0 Å². The molecule has 1 aromatic heterocycles. The molecule has 4 nitrogen and oxygen atoms in total. The van der Waals surface area contributed by atoms with Crippen LogP contribution in [-0.2, 0) is 6.54 Å². The topological polar surface area (TPSA) is 31.6 Å². The van der Waals surface area contributed by atoms with Gasteiger partial charge in [0.05, 0.1) is 11.6 Å². The van der Waals surface area contributed by atoms with Crippen LogP contribution < -0.4 is 5.32 Å². The third kappa shape index (κ3) is 4.75. The van der Waals surface area contributed by atoms with Gasteiger partial charge in [-0.2, -0.15) is 0 Å². The van der Waals surface area contributed by atoms with Crippen molar-refractivity contribution in [2.75, 3.05) is 33.2 Å². The molecule has 1 N–H and O–H groups in total. The number of halogens is 1. The van der Waals surface area contributed by atoms with Crippen LogP contribution in [0.15, 0.2) is 40.8 Å². The van der Waals surface area contributed by atoms with Gasteiger partial charge in [-0.3, -0.25) is 0 Å². The monoisotopic (exact) mass is 387 g/mol. The Kier molecular flexibility index (Phi) is 6.18. The molecule has 2 saturated heterocycles. The molecule has 0 aliphatic carbocycles. The van der Waals surface area contributed by atoms with Crippen LogP contribution in [0.4, 0.5) is 0 Å². The molecule has 1 aromatic carbocycles. The summed E-state index contributed by atoms with van der Waals surface area (Å²) in [7, 11) is 2.23. The number of hydrogen-bond acceptors (Lipinski definition) is 4. The maximum atomic E-state index is 6.27. The average molecular weight is 388 g/mol. The van der Waals surface area contributed by atoms with E-state index in [0.717, 1.165) is 34.7 Å². The van der Waals surface area contributed by atoms with Crippen molar-refractivity contribution in [3.63, 3.8) is 0 Å². The van der Waals surface area contributed by atoms with Gasteiger partial charge in [0, 0.05) is 17.6 Å². The van der Waals surface area contributed by atoms with E-state index in [1.807, 2.05) is 30.3 Å². The van der Waals surface area contributed by atoms with Gasteiger partial charge in [0.2, 0.25) is 0 Å². The minimum atomic E-state index is 0.585. The van der Waals surface area contributed by atoms with Crippen LogP contribution in [-0.4, -0.2) is 55.1 Å². The predicted octanol–water partition coefficient (Wildman–Crippen LogP) is 4.25. The summed E-state index contributed by atoms with van der Waals surface area (Å²) in [4.78, 5) is 5.17. The second kappa shape index (κ2) is 8.78. The van der Waals surface area contributed by atoms with Crippen LogP contribution in [0, 0.1) is 0 Å². The van der Waals surface area contributed by atoms with Crippen LogP contribution in [0.25, 0.3) is 11.3 Å². The van der Waals surface area contributed by atoms with Gasteiger partial charge in [-0.1, -0.05) is 23.7 Å². The molecule has 0 radical (unpaired) electrons. The van der Waals surface area contributed by atoms with Gasteiger partial charge in [-0.25, -0.2) is 0 Å². The van der Waals surface area contributed by atoms with E-state index in [0.29, 0.717) is 6.04 Å². The van der Waals surface area contributed by atoms with Gasteiger partial charge in [-0.15, -0.1) is 0 Å². The number of furan rings is 1. The van der Waals surface area contributed by atoms with Crippen LogP contribution >= 0.6 is 11.6 Å². The molecule has 2 aromatic rings. The molecule has 3 heterocycles. The number of piperidine rings is 2. The highest BCUT2D eigenvalue weighted by Crippen LogP contribution is 2.29. The first kappa shape index (κ1) is 19.0. The molecule has 2 aliphatic rings. The molecule has 5 heteroatoms. The molecule has 146 valence electrons. The lowest BCUT2D eigenvalue weighted by atomic mass is 9.98. The molecule has 2 fully saturated rings. The highest BCUT2D eigenvalue weighted by molar-refractivity contribution is 6.33. The molecule has 0 atom stereocenters. The van der Waals surface area contributed by atoms with Crippen LogP contribution in [0.2, 0.25) is 5.02 Å². The Morgan fingerprint density at radius 1 is 1.00 bits per heavy atom. The zero-order valence-electron chi connectivity index (χ0n) is 16.2. The maximum absolute atomic E-state index is 6.27. The average Bonchev–Trinajstić information content (AvgIpc) is 3.17. The Morgan fingerprint density at radius 2 is 1.74 bits per heavy atom. The van der Waals surface area contributed by atoms with E-state index < -0.39 is 0 Å². The van der Waals surface area contributed by atoms with E-state index in [-0.39, 0.29) is 0 Å². The molecule has 0 unspecified atom stereocenters. The fraction of sp³-hybridized carbons (Fsp3) is 0.545. The summed E-state index contributed by atoms with van der Waals surface area (Å²) >= 11 is 6.27. The fourth-order valence-electron chi connectivity index (χ4n) is 4.35. The first-order valence-corrected chi connectivity index (χ1v) is 10.6. The SMILES string of the molecule is CN1CCC(N2CCC(NCc3ccc(-c4ccccc4Cl)o3)CC2)CC1. The number of likely N-dealkylation sites (tertiary alicyclic amines) is 2. The minimum absolute atomic E-state index is 0.585. The lowest BCUT2D eigenvalue weighted by Gasteiger charge is -2.41. The van der Waals surface area contributed by atoms with Gasteiger partial charge in [0.25, 0.3) is 0 Å². The van der Waals surface area contributed by atoms with Gasteiger partial charge in [0.15, 0.2) is 0 Å². The summed E-state index contributed by atoms with van der Waals surface area (Å²) in [5, 5.41) is 4.42. The number of nitrogens with one attached hydrogen (secondary N) is 1. The van der Waals surface area contributed by atoms with E-state index in [4.69, 9.17) is 16.0 Å². The van der Waals surface area contributed by atoms with Crippen molar-refractivity contribution in [1.82, 2.24) is 15.1 Å². The summed E-state index contributed by atoms with van der Waals surface area (Å²) in [5.41, 5.74) is 0.955. The van der Waals surface area contributed by atoms with Crippen molar-refractivity contribution in [2.45, 2.75) is 44.3 Å². The summed E-state index contributed by atoms with van der Waals surface area (Å²) in [5.74, 6) is 1.82. The van der Waals surface area contributed by atoms with Crippen LogP contribution in [0.3, 0.4) is 0 Å². The largest absolute Gasteiger partial charge is 0.460 e. The van der Waals surface area contributed by atoms with Crippen molar-refractivity contribution >= 4 is 11.6 Å². The van der Waals surface area contributed by atoms with Gasteiger partial charge >= 0.3 is 0 Å². The zero-order valence-corrected chi connectivity index (χ0v) is 16.9. The van der Waals surface area contributed by atoms with Crippen LogP contribution in [0.1, 0.15) is 31.4 Å². The van der Waals surface area contributed by atoms with E-state index >= 15 is 0 Å². The molecule has 0 spiro atoms. The van der Waals surface area contributed by atoms with E-state index in [1.54, 1.807) is 0 Å². The molecule has 0 bridgehead atoms. The molecule has 27 heavy (non-hydrogen) atoms. The second-order valence-electron chi connectivity index (χ2n) is 7.97. The quantitative estimate of drug-likeness (QED) is 0.831. The van der Waals surface area contributed by atoms with E-state index in [1.165, 1.54) is 51.9 Å². The summed E-state index contributed by atoms with van der Waals surface area (Å²) in [6, 6.07) is 13.3. The summed E-state index contributed by atoms with van der Waals surface area (Å²) in [6.45, 7) is 5.71.